The predicted octanol–water partition coefficient (Wildman–Crippen LogP) is 15.4. The highest BCUT2D eigenvalue weighted by molar-refractivity contribution is 5.98. The summed E-state index contributed by atoms with van der Waals surface area (Å²) in [5, 5.41) is 2.59. The van der Waals surface area contributed by atoms with Gasteiger partial charge >= 0.3 is 0 Å². The van der Waals surface area contributed by atoms with Gasteiger partial charge in [0.25, 0.3) is 0 Å². The fourth-order valence-corrected chi connectivity index (χ4v) is 17.3. The van der Waals surface area contributed by atoms with Crippen LogP contribution < -0.4 is 4.90 Å². The minimum absolute atomic E-state index is 0.123. The molecule has 1 nitrogen and oxygen atoms in total. The first-order valence-corrected chi connectivity index (χ1v) is 24.0. The molecule has 7 aromatic rings. The van der Waals surface area contributed by atoms with Crippen molar-refractivity contribution in [3.8, 4) is 33.4 Å². The molecule has 17 rings (SSSR count). The lowest BCUT2D eigenvalue weighted by molar-refractivity contribution is -0.0399. The Bertz CT molecular complexity index is 2910. The molecule has 0 aromatic heterocycles. The molecule has 10 aliphatic rings. The fraction of sp³-hybridized carbons (Fsp3) is 0.333. The largest absolute Gasteiger partial charge is 0.310 e. The van der Waals surface area contributed by atoms with E-state index in [2.05, 4.69) is 157 Å². The number of hydrogen-bond donors (Lipinski definition) is 0. The maximum Gasteiger partial charge on any atom is 0.0543 e. The van der Waals surface area contributed by atoms with E-state index in [0.717, 1.165) is 47.3 Å². The van der Waals surface area contributed by atoms with Crippen LogP contribution in [0.3, 0.4) is 0 Å². The van der Waals surface area contributed by atoms with Crippen LogP contribution in [0, 0.1) is 47.3 Å². The molecule has 0 radical (unpaired) electrons. The highest BCUT2D eigenvalue weighted by Crippen LogP contribution is 2.72. The van der Waals surface area contributed by atoms with Crippen LogP contribution in [-0.4, -0.2) is 0 Å². The van der Waals surface area contributed by atoms with Crippen molar-refractivity contribution in [2.75, 3.05) is 4.90 Å². The van der Waals surface area contributed by atoms with Crippen LogP contribution in [0.15, 0.2) is 152 Å². The molecule has 2 spiro atoms. The number of rotatable bonds is 4. The zero-order valence-electron chi connectivity index (χ0n) is 35.1. The van der Waals surface area contributed by atoms with Crippen LogP contribution in [0.5, 0.6) is 0 Å². The van der Waals surface area contributed by atoms with Gasteiger partial charge in [-0.3, -0.25) is 0 Å². The molecular weight excluding hydrogens is 735 g/mol. The molecule has 8 saturated carbocycles. The van der Waals surface area contributed by atoms with Gasteiger partial charge in [0.15, 0.2) is 0 Å². The van der Waals surface area contributed by atoms with Gasteiger partial charge in [-0.25, -0.2) is 0 Å². The second-order valence-electron chi connectivity index (χ2n) is 21.3. The second-order valence-corrected chi connectivity index (χ2v) is 21.3. The van der Waals surface area contributed by atoms with Gasteiger partial charge in [-0.15, -0.1) is 0 Å². The normalized spacial score (nSPS) is 32.4. The van der Waals surface area contributed by atoms with Crippen molar-refractivity contribution in [2.24, 2.45) is 47.3 Å². The van der Waals surface area contributed by atoms with E-state index in [4.69, 9.17) is 0 Å². The summed E-state index contributed by atoms with van der Waals surface area (Å²) in [5.74, 6) is 6.65. The maximum atomic E-state index is 2.68. The monoisotopic (exact) mass is 787 g/mol. The topological polar surface area (TPSA) is 3.24 Å². The molecule has 7 aromatic carbocycles. The van der Waals surface area contributed by atoms with Crippen LogP contribution in [0.1, 0.15) is 86.5 Å². The Morgan fingerprint density at radius 1 is 0.344 bits per heavy atom. The first kappa shape index (κ1) is 34.2. The first-order valence-electron chi connectivity index (χ1n) is 24.0. The van der Waals surface area contributed by atoms with Gasteiger partial charge in [-0.1, -0.05) is 115 Å². The lowest BCUT2D eigenvalue weighted by atomic mass is 9.43. The van der Waals surface area contributed by atoms with E-state index in [1.165, 1.54) is 125 Å². The van der Waals surface area contributed by atoms with Crippen molar-refractivity contribution in [2.45, 2.75) is 75.0 Å². The standard InChI is InChI=1S/C60H53N/c1-2-9-40(10-3-1)43-18-21-54-51(34-43)52-35-49(20-22-55(52)59(54)44-25-36-23-37(27-44)28-45(59)26-36)61(48-19-17-41-11-4-5-12-42(41)33-48)57-16-8-15-56-58(57)50-13-6-7-14-53(50)60(56)46-29-38-24-39(31-46)32-47(60)30-38/h1-22,33-39,44-47H,23-32H2. The summed E-state index contributed by atoms with van der Waals surface area (Å²) in [6.45, 7) is 0. The molecule has 0 amide bonds. The van der Waals surface area contributed by atoms with Crippen LogP contribution >= 0.6 is 0 Å². The number of nitrogens with zero attached hydrogens (tertiary/aromatic N) is 1. The number of fused-ring (bicyclic) bond motifs is 7. The summed E-state index contributed by atoms with van der Waals surface area (Å²) in [6.07, 6.45) is 14.2. The molecule has 0 N–H and O–H groups in total. The third kappa shape index (κ3) is 4.39. The lowest BCUT2D eigenvalue weighted by Crippen LogP contribution is -2.55. The van der Waals surface area contributed by atoms with E-state index in [9.17, 15) is 0 Å². The van der Waals surface area contributed by atoms with Crippen molar-refractivity contribution in [1.82, 2.24) is 0 Å². The minimum atomic E-state index is 0.123. The third-order valence-electron chi connectivity index (χ3n) is 18.8. The van der Waals surface area contributed by atoms with Gasteiger partial charge in [0.05, 0.1) is 5.69 Å². The summed E-state index contributed by atoms with van der Waals surface area (Å²) in [7, 11) is 0. The molecule has 10 aliphatic carbocycles. The Balaban J connectivity index is 0.977. The fourth-order valence-electron chi connectivity index (χ4n) is 17.3. The van der Waals surface area contributed by atoms with Crippen molar-refractivity contribution in [3.63, 3.8) is 0 Å². The molecule has 0 unspecified atom stereocenters. The van der Waals surface area contributed by atoms with E-state index in [0.29, 0.717) is 0 Å². The smallest absolute Gasteiger partial charge is 0.0543 e. The molecule has 61 heavy (non-hydrogen) atoms. The number of hydrogen-bond acceptors (Lipinski definition) is 1. The zero-order chi connectivity index (χ0) is 39.6. The first-order chi connectivity index (χ1) is 30.1. The zero-order valence-corrected chi connectivity index (χ0v) is 35.1. The van der Waals surface area contributed by atoms with Gasteiger partial charge in [0.1, 0.15) is 0 Å². The van der Waals surface area contributed by atoms with E-state index >= 15 is 0 Å². The van der Waals surface area contributed by atoms with Crippen molar-refractivity contribution in [1.29, 1.82) is 0 Å². The van der Waals surface area contributed by atoms with Crippen LogP contribution in [0.2, 0.25) is 0 Å². The van der Waals surface area contributed by atoms with Crippen LogP contribution in [0.25, 0.3) is 44.2 Å². The molecule has 0 saturated heterocycles. The Labute approximate surface area is 360 Å². The summed E-state index contributed by atoms with van der Waals surface area (Å²) >= 11 is 0. The second kappa shape index (κ2) is 12.2. The number of anilines is 3. The molecule has 8 bridgehead atoms. The predicted molar refractivity (Wildman–Crippen MR) is 251 cm³/mol. The van der Waals surface area contributed by atoms with Gasteiger partial charge < -0.3 is 4.90 Å². The van der Waals surface area contributed by atoms with Gasteiger partial charge in [0, 0.05) is 27.8 Å². The average Bonchev–Trinajstić information content (AvgIpc) is 3.75. The molecule has 0 aliphatic heterocycles. The Morgan fingerprint density at radius 2 is 0.869 bits per heavy atom. The summed E-state index contributed by atoms with van der Waals surface area (Å²) in [5.41, 5.74) is 19.2. The third-order valence-corrected chi connectivity index (χ3v) is 18.8. The number of benzene rings is 7. The van der Waals surface area contributed by atoms with Gasteiger partial charge in [0.2, 0.25) is 0 Å². The average molecular weight is 788 g/mol. The maximum absolute atomic E-state index is 2.68. The van der Waals surface area contributed by atoms with Crippen molar-refractivity contribution < 1.29 is 0 Å². The Morgan fingerprint density at radius 3 is 1.57 bits per heavy atom. The van der Waals surface area contributed by atoms with Gasteiger partial charge in [-0.05, 0) is 209 Å². The SMILES string of the molecule is c1ccc(-c2ccc3c(c2)-c2cc(N(c4ccc5ccccc5c4)c4cccc5c4-c4ccccc4C54C5CC6CC(C5)CC4C6)ccc2C32C3CC4CC(C3)CC2C4)cc1. The van der Waals surface area contributed by atoms with Crippen molar-refractivity contribution >= 4 is 27.8 Å². The Kier molecular flexibility index (Phi) is 6.82. The molecule has 0 heterocycles. The summed E-state index contributed by atoms with van der Waals surface area (Å²) in [4.78, 5) is 2.68. The molecular formula is C60H53N. The van der Waals surface area contributed by atoms with Gasteiger partial charge in [-0.2, -0.15) is 0 Å². The molecule has 1 heteroatoms. The van der Waals surface area contributed by atoms with E-state index in [1.807, 2.05) is 0 Å². The minimum Gasteiger partial charge on any atom is -0.310 e. The highest BCUT2D eigenvalue weighted by Gasteiger charge is 2.63. The van der Waals surface area contributed by atoms with E-state index < -0.39 is 0 Å². The lowest BCUT2D eigenvalue weighted by Gasteiger charge is -2.61. The molecule has 0 atom stereocenters. The van der Waals surface area contributed by atoms with Crippen LogP contribution in [-0.2, 0) is 10.8 Å². The molecule has 8 fully saturated rings. The summed E-state index contributed by atoms with van der Waals surface area (Å²) in [6, 6.07) is 59.9. The van der Waals surface area contributed by atoms with Crippen LogP contribution in [0.4, 0.5) is 17.1 Å². The van der Waals surface area contributed by atoms with E-state index in [1.54, 1.807) is 22.3 Å². The highest BCUT2D eigenvalue weighted by atomic mass is 15.1. The molecule has 298 valence electrons. The van der Waals surface area contributed by atoms with E-state index in [-0.39, 0.29) is 10.8 Å². The van der Waals surface area contributed by atoms with Crippen molar-refractivity contribution in [3.05, 3.63) is 174 Å². The Hall–Kier alpha value is -5.40. The summed E-state index contributed by atoms with van der Waals surface area (Å²) < 4.78 is 0. The quantitative estimate of drug-likeness (QED) is 0.172.